The summed E-state index contributed by atoms with van der Waals surface area (Å²) in [6.07, 6.45) is 3.21. The Morgan fingerprint density at radius 2 is 1.43 bits per heavy atom. The molecular formula is C18H31BLiNO2. The molecule has 5 heteroatoms. The molecule has 0 amide bonds. The zero-order valence-electron chi connectivity index (χ0n) is 16.3. The van der Waals surface area contributed by atoms with Crippen LogP contribution in [0.5, 0.6) is 0 Å². The number of benzene rings is 1. The molecule has 2 rings (SSSR count). The van der Waals surface area contributed by atoms with Crippen LogP contribution in [0.25, 0.3) is 0 Å². The average Bonchev–Trinajstić information content (AvgIpc) is 2.63. The van der Waals surface area contributed by atoms with Crippen molar-refractivity contribution in [2.45, 2.75) is 65.0 Å². The van der Waals surface area contributed by atoms with Gasteiger partial charge in [0.2, 0.25) is 0 Å². The Balaban J connectivity index is 0.00000264. The molecule has 0 spiro atoms. The molecule has 1 aliphatic rings. The third-order valence-corrected chi connectivity index (χ3v) is 5.27. The predicted molar refractivity (Wildman–Crippen MR) is 96.2 cm³/mol. The normalized spacial score (nSPS) is 20.8. The van der Waals surface area contributed by atoms with Crippen LogP contribution in [0.3, 0.4) is 0 Å². The second kappa shape index (κ2) is 7.23. The van der Waals surface area contributed by atoms with E-state index in [-0.39, 0.29) is 30.1 Å². The monoisotopic (exact) mass is 311 g/mol. The molecule has 1 heterocycles. The van der Waals surface area contributed by atoms with Crippen molar-refractivity contribution >= 4 is 17.7 Å². The molecule has 1 fully saturated rings. The van der Waals surface area contributed by atoms with Gasteiger partial charge in [0.05, 0.1) is 0 Å². The van der Waals surface area contributed by atoms with E-state index in [2.05, 4.69) is 77.9 Å². The summed E-state index contributed by atoms with van der Waals surface area (Å²) in [5.41, 5.74) is 1.79. The summed E-state index contributed by atoms with van der Waals surface area (Å²) >= 11 is 0. The minimum absolute atomic E-state index is 0. The van der Waals surface area contributed by atoms with Gasteiger partial charge in [0.15, 0.2) is 0 Å². The van der Waals surface area contributed by atoms with Crippen molar-refractivity contribution < 1.29 is 28.2 Å². The van der Waals surface area contributed by atoms with E-state index in [0.29, 0.717) is 0 Å². The number of anilines is 1. The molecule has 0 radical (unpaired) electrons. The Kier molecular flexibility index (Phi) is 6.49. The first-order chi connectivity index (χ1) is 10.1. The quantitative estimate of drug-likeness (QED) is 0.751. The Labute approximate surface area is 154 Å². The molecule has 0 aromatic heterocycles. The van der Waals surface area contributed by atoms with Gasteiger partial charge in [-0.1, -0.05) is 31.9 Å². The number of rotatable bonds is 5. The van der Waals surface area contributed by atoms with E-state index in [4.69, 9.17) is 9.31 Å². The summed E-state index contributed by atoms with van der Waals surface area (Å²) in [4.78, 5) is 2.11. The van der Waals surface area contributed by atoms with E-state index in [1.54, 1.807) is 0 Å². The molecule has 0 N–H and O–H groups in total. The Bertz CT molecular complexity index is 498. The maximum atomic E-state index is 6.57. The first-order valence-electron chi connectivity index (χ1n) is 8.47. The topological polar surface area (TPSA) is 21.7 Å². The van der Waals surface area contributed by atoms with Crippen LogP contribution < -0.4 is 29.2 Å². The molecule has 1 saturated heterocycles. The third-order valence-electron chi connectivity index (χ3n) is 5.27. The summed E-state index contributed by atoms with van der Waals surface area (Å²) in [5, 5.41) is 0. The molecule has 0 unspecified atom stereocenters. The van der Waals surface area contributed by atoms with Crippen molar-refractivity contribution in [1.29, 1.82) is 0 Å². The molecule has 23 heavy (non-hydrogen) atoms. The van der Waals surface area contributed by atoms with Crippen LogP contribution in [0.2, 0.25) is 6.32 Å². The fourth-order valence-electron chi connectivity index (χ4n) is 3.22. The minimum Gasteiger partial charge on any atom is -0.558 e. The number of unbranched alkanes of at least 4 members (excludes halogenated alkanes) is 1. The van der Waals surface area contributed by atoms with Gasteiger partial charge in [-0.05, 0) is 39.8 Å². The Hall–Kier alpha value is -0.398. The largest absolute Gasteiger partial charge is 1.00 e. The van der Waals surface area contributed by atoms with Gasteiger partial charge in [-0.2, -0.15) is 5.46 Å². The van der Waals surface area contributed by atoms with Gasteiger partial charge < -0.3 is 14.2 Å². The fourth-order valence-corrected chi connectivity index (χ4v) is 3.22. The van der Waals surface area contributed by atoms with Crippen molar-refractivity contribution in [2.24, 2.45) is 0 Å². The molecule has 0 atom stereocenters. The maximum absolute atomic E-state index is 6.57. The standard InChI is InChI=1S/C18H31BNO2.Li/c1-8-9-14-19(21-17(2,3)18(4,5)22-19)15-10-12-16(13-11-15)20(6)7;/h10-13H,8-9,14H2,1-7H3;/q-1;+1. The minimum atomic E-state index is -1.42. The van der Waals surface area contributed by atoms with Gasteiger partial charge >= 0.3 is 18.9 Å². The van der Waals surface area contributed by atoms with Crippen LogP contribution in [0.1, 0.15) is 47.5 Å². The number of hydrogen-bond donors (Lipinski definition) is 0. The zero-order valence-corrected chi connectivity index (χ0v) is 16.3. The van der Waals surface area contributed by atoms with E-state index in [0.717, 1.165) is 19.2 Å². The smallest absolute Gasteiger partial charge is 0.558 e. The van der Waals surface area contributed by atoms with Crippen molar-refractivity contribution in [3.63, 3.8) is 0 Å². The predicted octanol–water partition coefficient (Wildman–Crippen LogP) is 0.810. The fraction of sp³-hybridized carbons (Fsp3) is 0.667. The maximum Gasteiger partial charge on any atom is 1.00 e. The molecule has 3 nitrogen and oxygen atoms in total. The van der Waals surface area contributed by atoms with Crippen LogP contribution in [0, 0.1) is 0 Å². The van der Waals surface area contributed by atoms with Gasteiger partial charge in [-0.15, -0.1) is 6.32 Å². The van der Waals surface area contributed by atoms with Crippen molar-refractivity contribution in [1.82, 2.24) is 0 Å². The number of nitrogens with zero attached hydrogens (tertiary/aromatic N) is 1. The van der Waals surface area contributed by atoms with Gasteiger partial charge in [-0.3, -0.25) is 0 Å². The summed E-state index contributed by atoms with van der Waals surface area (Å²) in [5.74, 6) is 0. The Morgan fingerprint density at radius 1 is 0.957 bits per heavy atom. The van der Waals surface area contributed by atoms with Gasteiger partial charge in [0.1, 0.15) is 0 Å². The molecule has 124 valence electrons. The van der Waals surface area contributed by atoms with Crippen molar-refractivity contribution in [2.75, 3.05) is 19.0 Å². The third kappa shape index (κ3) is 3.99. The van der Waals surface area contributed by atoms with Gasteiger partial charge in [0.25, 0.3) is 6.55 Å². The van der Waals surface area contributed by atoms with E-state index in [1.165, 1.54) is 11.2 Å². The second-order valence-corrected chi connectivity index (χ2v) is 7.75. The zero-order chi connectivity index (χ0) is 16.6. The number of hydrogen-bond acceptors (Lipinski definition) is 3. The van der Waals surface area contributed by atoms with Crippen LogP contribution >= 0.6 is 0 Å². The Morgan fingerprint density at radius 3 is 1.83 bits per heavy atom. The SMILES string of the molecule is CCCC[B-]1(c2ccc(N(C)C)cc2)OC(C)(C)C(C)(C)O1.[Li+]. The van der Waals surface area contributed by atoms with E-state index in [1.807, 2.05) is 0 Å². The van der Waals surface area contributed by atoms with Crippen molar-refractivity contribution in [3.05, 3.63) is 24.3 Å². The van der Waals surface area contributed by atoms with Crippen molar-refractivity contribution in [3.8, 4) is 0 Å². The van der Waals surface area contributed by atoms with Crippen LogP contribution in [0.4, 0.5) is 5.69 Å². The van der Waals surface area contributed by atoms with Crippen LogP contribution in [-0.4, -0.2) is 31.8 Å². The van der Waals surface area contributed by atoms with E-state index in [9.17, 15) is 0 Å². The molecule has 0 saturated carbocycles. The van der Waals surface area contributed by atoms with Gasteiger partial charge in [-0.25, -0.2) is 0 Å². The molecule has 0 aliphatic carbocycles. The van der Waals surface area contributed by atoms with Crippen LogP contribution in [-0.2, 0) is 9.31 Å². The van der Waals surface area contributed by atoms with Gasteiger partial charge in [0, 0.05) is 31.0 Å². The first kappa shape index (κ1) is 20.6. The second-order valence-electron chi connectivity index (χ2n) is 7.75. The van der Waals surface area contributed by atoms with E-state index >= 15 is 0 Å². The van der Waals surface area contributed by atoms with Crippen LogP contribution in [0.15, 0.2) is 24.3 Å². The summed E-state index contributed by atoms with van der Waals surface area (Å²) in [6.45, 7) is 9.34. The summed E-state index contributed by atoms with van der Waals surface area (Å²) in [7, 11) is 4.11. The molecule has 0 bridgehead atoms. The summed E-state index contributed by atoms with van der Waals surface area (Å²) < 4.78 is 13.1. The molecule has 1 aliphatic heterocycles. The molecular weight excluding hydrogens is 280 g/mol. The summed E-state index contributed by atoms with van der Waals surface area (Å²) in [6, 6.07) is 8.64. The first-order valence-corrected chi connectivity index (χ1v) is 8.47. The molecule has 1 aromatic rings. The van der Waals surface area contributed by atoms with E-state index < -0.39 is 6.55 Å². The average molecular weight is 311 g/mol. The molecule has 1 aromatic carbocycles.